The van der Waals surface area contributed by atoms with Gasteiger partial charge in [-0.25, -0.2) is 0 Å². The molecule has 0 fully saturated rings. The lowest BCUT2D eigenvalue weighted by Crippen LogP contribution is -2.61. The standard InChI is InChI=1S/C78H53BN2O/c1-8-24-54(25-9-1)57-42-46-64(47-43-57)82-65-52-74-76-75(53-65)81(78-68(60-34-18-6-19-35-60)40-23-41-69(78)61-36-20-7-21-37-61)73-49-45-63(56-28-12-3-13-29-56)51-71(73)79(76)70-50-62(55-26-10-2-11-27-55)44-48-72(70)80(74)77-66(58-30-14-4-15-31-58)38-22-39-67(77)59-32-16-5-17-33-59/h1-53H. The minimum Gasteiger partial charge on any atom is -0.457 e. The van der Waals surface area contributed by atoms with Gasteiger partial charge in [0.2, 0.25) is 0 Å². The molecule has 15 rings (SSSR count). The second kappa shape index (κ2) is 20.8. The molecule has 13 aromatic carbocycles. The number of hydrogen-bond donors (Lipinski definition) is 0. The van der Waals surface area contributed by atoms with E-state index in [-0.39, 0.29) is 6.71 Å². The van der Waals surface area contributed by atoms with E-state index < -0.39 is 0 Å². The first-order chi connectivity index (χ1) is 40.7. The summed E-state index contributed by atoms with van der Waals surface area (Å²) in [6, 6.07) is 117. The maximum atomic E-state index is 7.34. The van der Waals surface area contributed by atoms with Gasteiger partial charge in [-0.15, -0.1) is 0 Å². The number of benzene rings is 13. The molecule has 3 nitrogen and oxygen atoms in total. The number of rotatable bonds is 11. The van der Waals surface area contributed by atoms with Crippen molar-refractivity contribution in [1.29, 1.82) is 0 Å². The summed E-state index contributed by atoms with van der Waals surface area (Å²) in [5.41, 5.74) is 26.0. The van der Waals surface area contributed by atoms with Crippen LogP contribution >= 0.6 is 0 Å². The van der Waals surface area contributed by atoms with Crippen molar-refractivity contribution in [2.24, 2.45) is 0 Å². The summed E-state index contributed by atoms with van der Waals surface area (Å²) in [5, 5.41) is 0. The Morgan fingerprint density at radius 3 is 0.854 bits per heavy atom. The van der Waals surface area contributed by atoms with E-state index in [0.29, 0.717) is 0 Å². The molecule has 0 saturated carbocycles. The van der Waals surface area contributed by atoms with E-state index in [1.54, 1.807) is 0 Å². The summed E-state index contributed by atoms with van der Waals surface area (Å²) >= 11 is 0. The lowest BCUT2D eigenvalue weighted by Gasteiger charge is -2.46. The topological polar surface area (TPSA) is 15.7 Å². The first kappa shape index (κ1) is 48.5. The molecule has 0 radical (unpaired) electrons. The van der Waals surface area contributed by atoms with E-state index >= 15 is 0 Å². The van der Waals surface area contributed by atoms with Crippen LogP contribution in [0.3, 0.4) is 0 Å². The Hall–Kier alpha value is -10.7. The zero-order valence-corrected chi connectivity index (χ0v) is 45.0. The van der Waals surface area contributed by atoms with Crippen molar-refractivity contribution in [3.63, 3.8) is 0 Å². The number of ether oxygens (including phenoxy) is 1. The fraction of sp³-hybridized carbons (Fsp3) is 0. The van der Waals surface area contributed by atoms with Gasteiger partial charge in [0, 0.05) is 57.1 Å². The molecule has 4 heteroatoms. The van der Waals surface area contributed by atoms with Crippen LogP contribution in [0.2, 0.25) is 0 Å². The van der Waals surface area contributed by atoms with Gasteiger partial charge in [-0.3, -0.25) is 0 Å². The summed E-state index contributed by atoms with van der Waals surface area (Å²) < 4.78 is 7.34. The van der Waals surface area contributed by atoms with Gasteiger partial charge in [-0.2, -0.15) is 0 Å². The van der Waals surface area contributed by atoms with Gasteiger partial charge in [0.05, 0.1) is 11.4 Å². The van der Waals surface area contributed by atoms with Crippen molar-refractivity contribution in [3.05, 3.63) is 322 Å². The zero-order chi connectivity index (χ0) is 54.3. The van der Waals surface area contributed by atoms with E-state index in [2.05, 4.69) is 331 Å². The lowest BCUT2D eigenvalue weighted by atomic mass is 9.33. The molecule has 0 aromatic heterocycles. The van der Waals surface area contributed by atoms with Gasteiger partial charge in [0.15, 0.2) is 0 Å². The van der Waals surface area contributed by atoms with E-state index in [4.69, 9.17) is 4.74 Å². The Morgan fingerprint density at radius 2 is 0.512 bits per heavy atom. The SMILES string of the molecule is c1ccc(-c2ccc(Oc3cc4c5c(c3)N(c3c(-c6ccccc6)cccc3-c3ccccc3)c3ccc(-c6ccccc6)cc3B5c3cc(-c5ccccc5)ccc3N4c3c(-c4ccccc4)cccc3-c3ccccc3)cc2)cc1. The van der Waals surface area contributed by atoms with Gasteiger partial charge in [-0.1, -0.05) is 285 Å². The quantitative estimate of drug-likeness (QED) is 0.120. The molecule has 2 aliphatic heterocycles. The van der Waals surface area contributed by atoms with Crippen LogP contribution in [0.4, 0.5) is 34.1 Å². The minimum atomic E-state index is -0.220. The fourth-order valence-electron chi connectivity index (χ4n) is 12.6. The van der Waals surface area contributed by atoms with E-state index in [1.165, 1.54) is 27.5 Å². The Morgan fingerprint density at radius 1 is 0.220 bits per heavy atom. The second-order valence-corrected chi connectivity index (χ2v) is 21.1. The Balaban J connectivity index is 1.09. The summed E-state index contributed by atoms with van der Waals surface area (Å²) in [6.07, 6.45) is 0. The number of anilines is 6. The highest BCUT2D eigenvalue weighted by Gasteiger charge is 2.46. The molecule has 0 atom stereocenters. The Bertz CT molecular complexity index is 4090. The normalized spacial score (nSPS) is 12.1. The molecule has 0 N–H and O–H groups in total. The van der Waals surface area contributed by atoms with Gasteiger partial charge in [0.1, 0.15) is 11.5 Å². The molecular formula is C78H53BN2O. The maximum absolute atomic E-state index is 7.34. The summed E-state index contributed by atoms with van der Waals surface area (Å²) in [5.74, 6) is 1.47. The molecular weight excluding hydrogens is 992 g/mol. The van der Waals surface area contributed by atoms with Crippen LogP contribution in [0.15, 0.2) is 322 Å². The number of fused-ring (bicyclic) bond motifs is 4. The average molecular weight is 1050 g/mol. The third kappa shape index (κ3) is 8.66. The number of hydrogen-bond acceptors (Lipinski definition) is 3. The largest absolute Gasteiger partial charge is 0.457 e. The molecule has 0 amide bonds. The van der Waals surface area contributed by atoms with Gasteiger partial charge in [-0.05, 0) is 96.3 Å². The van der Waals surface area contributed by atoms with Gasteiger partial charge >= 0.3 is 0 Å². The molecule has 2 heterocycles. The van der Waals surface area contributed by atoms with Crippen LogP contribution in [0.5, 0.6) is 11.5 Å². The minimum absolute atomic E-state index is 0.220. The molecule has 384 valence electrons. The molecule has 0 saturated heterocycles. The van der Waals surface area contributed by atoms with E-state index in [9.17, 15) is 0 Å². The summed E-state index contributed by atoms with van der Waals surface area (Å²) in [4.78, 5) is 5.14. The van der Waals surface area contributed by atoms with Crippen molar-refractivity contribution < 1.29 is 4.74 Å². The number of para-hydroxylation sites is 2. The number of nitrogens with zero attached hydrogens (tertiary/aromatic N) is 2. The van der Waals surface area contributed by atoms with Gasteiger partial charge in [0.25, 0.3) is 6.71 Å². The summed E-state index contributed by atoms with van der Waals surface area (Å²) in [7, 11) is 0. The predicted octanol–water partition coefficient (Wildman–Crippen LogP) is 19.2. The Labute approximate surface area is 480 Å². The second-order valence-electron chi connectivity index (χ2n) is 21.1. The highest BCUT2D eigenvalue weighted by atomic mass is 16.5. The first-order valence-corrected chi connectivity index (χ1v) is 28.2. The van der Waals surface area contributed by atoms with Crippen LogP contribution in [0.1, 0.15) is 0 Å². The molecule has 0 spiro atoms. The first-order valence-electron chi connectivity index (χ1n) is 28.2. The molecule has 82 heavy (non-hydrogen) atoms. The Kier molecular flexibility index (Phi) is 12.3. The van der Waals surface area contributed by atoms with Crippen molar-refractivity contribution in [3.8, 4) is 89.4 Å². The van der Waals surface area contributed by atoms with Crippen molar-refractivity contribution in [2.45, 2.75) is 0 Å². The van der Waals surface area contributed by atoms with Crippen LogP contribution < -0.4 is 30.9 Å². The average Bonchev–Trinajstić information content (AvgIpc) is 2.46. The van der Waals surface area contributed by atoms with Crippen molar-refractivity contribution in [2.75, 3.05) is 9.80 Å². The molecule has 0 unspecified atom stereocenters. The fourth-order valence-corrected chi connectivity index (χ4v) is 12.6. The van der Waals surface area contributed by atoms with Crippen LogP contribution in [-0.2, 0) is 0 Å². The predicted molar refractivity (Wildman–Crippen MR) is 345 cm³/mol. The molecule has 2 aliphatic rings. The zero-order valence-electron chi connectivity index (χ0n) is 45.0. The lowest BCUT2D eigenvalue weighted by molar-refractivity contribution is 0.483. The highest BCUT2D eigenvalue weighted by Crippen LogP contribution is 2.54. The third-order valence-electron chi connectivity index (χ3n) is 16.3. The van der Waals surface area contributed by atoms with Gasteiger partial charge < -0.3 is 14.5 Å². The van der Waals surface area contributed by atoms with Crippen LogP contribution in [0.25, 0.3) is 77.9 Å². The van der Waals surface area contributed by atoms with Crippen molar-refractivity contribution in [1.82, 2.24) is 0 Å². The van der Waals surface area contributed by atoms with Crippen LogP contribution in [0, 0.1) is 0 Å². The van der Waals surface area contributed by atoms with Crippen LogP contribution in [-0.4, -0.2) is 6.71 Å². The maximum Gasteiger partial charge on any atom is 0.252 e. The smallest absolute Gasteiger partial charge is 0.252 e. The van der Waals surface area contributed by atoms with Crippen molar-refractivity contribution >= 4 is 57.2 Å². The monoisotopic (exact) mass is 1040 g/mol. The molecule has 0 aliphatic carbocycles. The third-order valence-corrected chi connectivity index (χ3v) is 16.3. The highest BCUT2D eigenvalue weighted by molar-refractivity contribution is 7.00. The molecule has 13 aromatic rings. The summed E-state index contributed by atoms with van der Waals surface area (Å²) in [6.45, 7) is -0.220. The van der Waals surface area contributed by atoms with E-state index in [0.717, 1.165) is 112 Å². The van der Waals surface area contributed by atoms with E-state index in [1.807, 2.05) is 0 Å². The molecule has 0 bridgehead atoms.